The third kappa shape index (κ3) is 2.93. The largest absolute Gasteiger partial charge is 0.494 e. The zero-order valence-corrected chi connectivity index (χ0v) is 12.0. The molecule has 0 heterocycles. The summed E-state index contributed by atoms with van der Waals surface area (Å²) in [5.41, 5.74) is 1.39. The Bertz CT molecular complexity index is 700. The van der Waals surface area contributed by atoms with Gasteiger partial charge in [0.2, 0.25) is 5.91 Å². The molecule has 1 amide bonds. The molecule has 22 heavy (non-hydrogen) atoms. The molecule has 1 aliphatic rings. The number of halogens is 2. The summed E-state index contributed by atoms with van der Waals surface area (Å²) in [7, 11) is 1.42. The molecule has 1 fully saturated rings. The number of rotatable bonds is 4. The highest BCUT2D eigenvalue weighted by atomic mass is 19.1. The Morgan fingerprint density at radius 3 is 2.50 bits per heavy atom. The quantitative estimate of drug-likeness (QED) is 0.935. The Labute approximate surface area is 126 Å². The minimum absolute atomic E-state index is 0.104. The third-order valence-electron chi connectivity index (χ3n) is 3.85. The second-order valence-electron chi connectivity index (χ2n) is 5.33. The molecule has 0 aromatic heterocycles. The van der Waals surface area contributed by atoms with E-state index >= 15 is 0 Å². The van der Waals surface area contributed by atoms with E-state index in [4.69, 9.17) is 4.74 Å². The molecule has 114 valence electrons. The summed E-state index contributed by atoms with van der Waals surface area (Å²) < 4.78 is 31.1. The van der Waals surface area contributed by atoms with Crippen LogP contribution in [0.4, 0.5) is 14.5 Å². The molecule has 1 N–H and O–H groups in total. The standard InChI is InChI=1S/C17H15F2NO2/c1-22-16-8-12(19)6-7-15(16)20-17(21)14-9-13(14)10-2-4-11(18)5-3-10/h2-8,13-14H,9H2,1H3,(H,20,21)/t13-,14-/m1/s1. The minimum Gasteiger partial charge on any atom is -0.494 e. The molecule has 3 nitrogen and oxygen atoms in total. The number of carbonyl (C=O) groups excluding carboxylic acids is 1. The molecule has 2 atom stereocenters. The van der Waals surface area contributed by atoms with E-state index in [1.165, 1.54) is 37.4 Å². The van der Waals surface area contributed by atoms with Gasteiger partial charge in [0, 0.05) is 12.0 Å². The van der Waals surface area contributed by atoms with Crippen LogP contribution in [-0.2, 0) is 4.79 Å². The van der Waals surface area contributed by atoms with Crippen LogP contribution in [0.5, 0.6) is 5.75 Å². The van der Waals surface area contributed by atoms with Gasteiger partial charge in [0.05, 0.1) is 12.8 Å². The summed E-state index contributed by atoms with van der Waals surface area (Å²) in [4.78, 5) is 12.2. The number of anilines is 1. The molecular formula is C17H15F2NO2. The lowest BCUT2D eigenvalue weighted by atomic mass is 10.1. The first-order valence-corrected chi connectivity index (χ1v) is 6.98. The van der Waals surface area contributed by atoms with Crippen LogP contribution in [0.25, 0.3) is 0 Å². The van der Waals surface area contributed by atoms with Crippen molar-refractivity contribution in [3.63, 3.8) is 0 Å². The number of hydrogen-bond acceptors (Lipinski definition) is 2. The van der Waals surface area contributed by atoms with Crippen LogP contribution >= 0.6 is 0 Å². The summed E-state index contributed by atoms with van der Waals surface area (Å²) >= 11 is 0. The van der Waals surface area contributed by atoms with Crippen molar-refractivity contribution in [3.8, 4) is 5.75 Å². The molecule has 1 aliphatic carbocycles. The fourth-order valence-electron chi connectivity index (χ4n) is 2.56. The molecule has 3 rings (SSSR count). The van der Waals surface area contributed by atoms with Crippen molar-refractivity contribution in [1.29, 1.82) is 0 Å². The lowest BCUT2D eigenvalue weighted by Crippen LogP contribution is -2.15. The maximum absolute atomic E-state index is 13.1. The summed E-state index contributed by atoms with van der Waals surface area (Å²) in [6.45, 7) is 0. The fourth-order valence-corrected chi connectivity index (χ4v) is 2.56. The van der Waals surface area contributed by atoms with E-state index in [1.807, 2.05) is 0 Å². The van der Waals surface area contributed by atoms with Crippen molar-refractivity contribution in [1.82, 2.24) is 0 Å². The fraction of sp³-hybridized carbons (Fsp3) is 0.235. The second kappa shape index (κ2) is 5.75. The predicted octanol–water partition coefficient (Wildman–Crippen LogP) is 3.72. The maximum atomic E-state index is 13.1. The monoisotopic (exact) mass is 303 g/mol. The molecule has 0 spiro atoms. The van der Waals surface area contributed by atoms with Crippen LogP contribution in [0.1, 0.15) is 17.9 Å². The number of methoxy groups -OCH3 is 1. The Morgan fingerprint density at radius 1 is 1.14 bits per heavy atom. The van der Waals surface area contributed by atoms with E-state index in [-0.39, 0.29) is 29.3 Å². The zero-order valence-electron chi connectivity index (χ0n) is 12.0. The molecule has 2 aromatic rings. The molecule has 0 aliphatic heterocycles. The molecule has 0 unspecified atom stereocenters. The van der Waals surface area contributed by atoms with Gasteiger partial charge in [-0.25, -0.2) is 8.78 Å². The van der Waals surface area contributed by atoms with Crippen LogP contribution in [0.2, 0.25) is 0 Å². The lowest BCUT2D eigenvalue weighted by Gasteiger charge is -2.10. The third-order valence-corrected chi connectivity index (χ3v) is 3.85. The van der Waals surface area contributed by atoms with Crippen LogP contribution in [-0.4, -0.2) is 13.0 Å². The smallest absolute Gasteiger partial charge is 0.228 e. The van der Waals surface area contributed by atoms with E-state index in [0.29, 0.717) is 5.69 Å². The first-order valence-electron chi connectivity index (χ1n) is 6.98. The average molecular weight is 303 g/mol. The topological polar surface area (TPSA) is 38.3 Å². The summed E-state index contributed by atoms with van der Waals surface area (Å²) in [6.07, 6.45) is 0.723. The van der Waals surface area contributed by atoms with E-state index in [2.05, 4.69) is 5.32 Å². The van der Waals surface area contributed by atoms with Gasteiger partial charge >= 0.3 is 0 Å². The van der Waals surface area contributed by atoms with Crippen molar-refractivity contribution in [2.24, 2.45) is 5.92 Å². The Hall–Kier alpha value is -2.43. The number of amides is 1. The summed E-state index contributed by atoms with van der Waals surface area (Å²) in [5, 5.41) is 2.76. The molecule has 0 radical (unpaired) electrons. The van der Waals surface area contributed by atoms with Crippen molar-refractivity contribution < 1.29 is 18.3 Å². The van der Waals surface area contributed by atoms with Crippen LogP contribution in [0.3, 0.4) is 0 Å². The zero-order chi connectivity index (χ0) is 15.7. The van der Waals surface area contributed by atoms with Crippen molar-refractivity contribution in [2.75, 3.05) is 12.4 Å². The van der Waals surface area contributed by atoms with Gasteiger partial charge in [-0.05, 0) is 42.2 Å². The predicted molar refractivity (Wildman–Crippen MR) is 78.8 cm³/mol. The maximum Gasteiger partial charge on any atom is 0.228 e. The first kappa shape index (κ1) is 14.5. The normalized spacial score (nSPS) is 19.6. The minimum atomic E-state index is -0.426. The lowest BCUT2D eigenvalue weighted by molar-refractivity contribution is -0.117. The van der Waals surface area contributed by atoms with Gasteiger partial charge in [0.1, 0.15) is 17.4 Å². The van der Waals surface area contributed by atoms with Gasteiger partial charge in [-0.1, -0.05) is 12.1 Å². The molecule has 0 saturated heterocycles. The second-order valence-corrected chi connectivity index (χ2v) is 5.33. The highest BCUT2D eigenvalue weighted by Crippen LogP contribution is 2.48. The van der Waals surface area contributed by atoms with Gasteiger partial charge in [-0.3, -0.25) is 4.79 Å². The van der Waals surface area contributed by atoms with Gasteiger partial charge in [-0.2, -0.15) is 0 Å². The van der Waals surface area contributed by atoms with Gasteiger partial charge in [0.15, 0.2) is 0 Å². The van der Waals surface area contributed by atoms with Crippen LogP contribution in [0, 0.1) is 17.6 Å². The number of hydrogen-bond donors (Lipinski definition) is 1. The highest BCUT2D eigenvalue weighted by molar-refractivity contribution is 5.96. The van der Waals surface area contributed by atoms with Crippen molar-refractivity contribution >= 4 is 11.6 Å². The number of benzene rings is 2. The van der Waals surface area contributed by atoms with E-state index in [0.717, 1.165) is 12.0 Å². The van der Waals surface area contributed by atoms with E-state index in [1.54, 1.807) is 12.1 Å². The number of carbonyl (C=O) groups is 1. The first-order chi connectivity index (χ1) is 10.6. The van der Waals surface area contributed by atoms with Gasteiger partial charge in [-0.15, -0.1) is 0 Å². The van der Waals surface area contributed by atoms with Crippen LogP contribution in [0.15, 0.2) is 42.5 Å². The average Bonchev–Trinajstić information content (AvgIpc) is 3.30. The molecular weight excluding hydrogens is 288 g/mol. The Kier molecular flexibility index (Phi) is 3.79. The molecule has 2 aromatic carbocycles. The van der Waals surface area contributed by atoms with E-state index < -0.39 is 5.82 Å². The Balaban J connectivity index is 1.68. The van der Waals surface area contributed by atoms with E-state index in [9.17, 15) is 13.6 Å². The number of ether oxygens (including phenoxy) is 1. The highest BCUT2D eigenvalue weighted by Gasteiger charge is 2.44. The van der Waals surface area contributed by atoms with Gasteiger partial charge < -0.3 is 10.1 Å². The summed E-state index contributed by atoms with van der Waals surface area (Å²) in [6, 6.07) is 10.2. The molecule has 0 bridgehead atoms. The number of nitrogens with one attached hydrogen (secondary N) is 1. The molecule has 5 heteroatoms. The Morgan fingerprint density at radius 2 is 1.82 bits per heavy atom. The summed E-state index contributed by atoms with van der Waals surface area (Å²) in [5.74, 6) is -0.620. The van der Waals surface area contributed by atoms with Gasteiger partial charge in [0.25, 0.3) is 0 Å². The molecule has 1 saturated carbocycles. The SMILES string of the molecule is COc1cc(F)ccc1NC(=O)[C@@H]1C[C@@H]1c1ccc(F)cc1. The van der Waals surface area contributed by atoms with Crippen molar-refractivity contribution in [2.45, 2.75) is 12.3 Å². The van der Waals surface area contributed by atoms with Crippen LogP contribution < -0.4 is 10.1 Å². The van der Waals surface area contributed by atoms with Crippen molar-refractivity contribution in [3.05, 3.63) is 59.7 Å².